The Labute approximate surface area is 484 Å². The van der Waals surface area contributed by atoms with Gasteiger partial charge in [0.15, 0.2) is 5.78 Å². The number of fused-ring (bicyclic) bond motifs is 3. The van der Waals surface area contributed by atoms with Gasteiger partial charge < -0.3 is 53.0 Å². The number of rotatable bonds is 12. The van der Waals surface area contributed by atoms with E-state index in [4.69, 9.17) is 37.9 Å². The minimum atomic E-state index is -2.47. The molecule has 4 aliphatic rings. The number of carbonyl (C=O) groups is 6. The van der Waals surface area contributed by atoms with Crippen molar-refractivity contribution in [3.8, 4) is 0 Å². The molecule has 4 rings (SSSR count). The lowest BCUT2D eigenvalue weighted by atomic mass is 9.78. The number of hydrogen-bond donors (Lipinski definition) is 2. The molecule has 17 nitrogen and oxygen atoms in total. The summed E-state index contributed by atoms with van der Waals surface area (Å²) < 4.78 is 48.6. The van der Waals surface area contributed by atoms with E-state index < -0.39 is 118 Å². The number of hydrogen-bond acceptors (Lipinski definition) is 16. The Morgan fingerprint density at radius 2 is 1.44 bits per heavy atom. The number of piperidine rings is 1. The Morgan fingerprint density at radius 1 is 0.790 bits per heavy atom. The zero-order valence-electron chi connectivity index (χ0n) is 52.2. The van der Waals surface area contributed by atoms with Crippen LogP contribution in [0.15, 0.2) is 47.6 Å². The Morgan fingerprint density at radius 3 is 2.05 bits per heavy atom. The maximum Gasteiger partial charge on any atom is 0.329 e. The molecule has 17 heteroatoms. The number of allylic oxidation sites excluding steroid dienone is 6. The molecule has 81 heavy (non-hydrogen) atoms. The molecule has 0 aromatic heterocycles. The molecule has 3 heterocycles. The molecule has 2 N–H and O–H groups in total. The molecule has 0 spiro atoms. The maximum absolute atomic E-state index is 14.7. The molecular weight excluding hydrogens is 1040 g/mol. The summed E-state index contributed by atoms with van der Waals surface area (Å²) in [5, 5.41) is 23.7. The number of ketones is 3. The summed E-state index contributed by atoms with van der Waals surface area (Å²) in [5.74, 6) is -8.92. The van der Waals surface area contributed by atoms with E-state index in [0.29, 0.717) is 69.8 Å². The average molecular weight is 1140 g/mol. The van der Waals surface area contributed by atoms with E-state index in [1.165, 1.54) is 12.0 Å². The molecule has 15 atom stereocenters. The van der Waals surface area contributed by atoms with Gasteiger partial charge in [-0.1, -0.05) is 71.1 Å². The van der Waals surface area contributed by atoms with E-state index in [-0.39, 0.29) is 56.0 Å². The van der Waals surface area contributed by atoms with Crippen molar-refractivity contribution in [2.75, 3.05) is 41.1 Å². The average Bonchev–Trinajstić information content (AvgIpc) is 3.41. The summed E-state index contributed by atoms with van der Waals surface area (Å²) in [4.78, 5) is 87.2. The summed E-state index contributed by atoms with van der Waals surface area (Å²) in [7, 11) is 4.53. The highest BCUT2D eigenvalue weighted by molar-refractivity contribution is 6.39. The van der Waals surface area contributed by atoms with E-state index >= 15 is 0 Å². The molecule has 2 saturated heterocycles. The van der Waals surface area contributed by atoms with Crippen molar-refractivity contribution in [1.29, 1.82) is 0 Å². The van der Waals surface area contributed by atoms with Crippen molar-refractivity contribution in [3.63, 3.8) is 0 Å². The number of aliphatic hydroxyl groups excluding tert-OH is 1. The lowest BCUT2D eigenvalue weighted by molar-refractivity contribution is -0.265. The summed E-state index contributed by atoms with van der Waals surface area (Å²) in [6, 6.07) is -1.19. The fourth-order valence-electron chi connectivity index (χ4n) is 11.4. The zero-order chi connectivity index (χ0) is 60.8. The summed E-state index contributed by atoms with van der Waals surface area (Å²) in [5.41, 5.74) is -0.904. The highest BCUT2D eigenvalue weighted by atomic mass is 16.6. The first-order valence-corrected chi connectivity index (χ1v) is 29.8. The van der Waals surface area contributed by atoms with E-state index in [2.05, 4.69) is 0 Å². The van der Waals surface area contributed by atoms with E-state index in [1.54, 1.807) is 48.0 Å². The smallest absolute Gasteiger partial charge is 0.329 e. The van der Waals surface area contributed by atoms with Crippen LogP contribution in [0.1, 0.15) is 174 Å². The molecular formula is C64H103NO16. The highest BCUT2D eigenvalue weighted by Gasteiger charge is 2.53. The van der Waals surface area contributed by atoms with Gasteiger partial charge in [-0.05, 0) is 155 Å². The van der Waals surface area contributed by atoms with Crippen molar-refractivity contribution < 1.29 is 76.9 Å². The van der Waals surface area contributed by atoms with Crippen LogP contribution >= 0.6 is 0 Å². The summed E-state index contributed by atoms with van der Waals surface area (Å²) in [6.07, 6.45) is 10.3. The fourth-order valence-corrected chi connectivity index (χ4v) is 11.4. The second kappa shape index (κ2) is 30.7. The first-order chi connectivity index (χ1) is 37.8. The third-order valence-electron chi connectivity index (χ3n) is 16.9. The Hall–Kier alpha value is -3.94. The Balaban J connectivity index is 1.68. The number of Topliss-reactive ketones (excluding diaryl/α,β-unsaturated/α-hetero) is 3. The normalized spacial score (nSPS) is 35.4. The van der Waals surface area contributed by atoms with Gasteiger partial charge in [0.25, 0.3) is 11.7 Å². The van der Waals surface area contributed by atoms with Crippen LogP contribution < -0.4 is 0 Å². The van der Waals surface area contributed by atoms with Gasteiger partial charge in [0, 0.05) is 58.5 Å². The van der Waals surface area contributed by atoms with Crippen LogP contribution in [0.5, 0.6) is 0 Å². The fraction of sp³-hybridized carbons (Fsp3) is 0.781. The molecule has 1 amide bonds. The summed E-state index contributed by atoms with van der Waals surface area (Å²) in [6.45, 7) is 26.2. The van der Waals surface area contributed by atoms with Crippen LogP contribution in [0.4, 0.5) is 0 Å². The molecule has 1 unspecified atom stereocenters. The van der Waals surface area contributed by atoms with Crippen LogP contribution in [0.25, 0.3) is 0 Å². The SMILES string of the molecule is CO[C@H]1C[C@@H]2CC[C@@H](C)[C@@](O)(O2)C(=O)C(=O)N2CCCC[C@H]2C(=O)O[C@H]([C@H](C)CC2CC[C@@H](OC(=O)C(C)(COC(C)(C)C)COC(C)(C)C)[C@H](OC)C2)CC(=O)[C@H](C)/C=C(\C)[C@@H](O)[C@@H](OC)C(=O)[C@H](C)C[C@H](C)/C=C/C=C/C=C/1C. The predicted molar refractivity (Wildman–Crippen MR) is 309 cm³/mol. The zero-order valence-corrected chi connectivity index (χ0v) is 52.2. The van der Waals surface area contributed by atoms with Gasteiger partial charge >= 0.3 is 11.9 Å². The number of methoxy groups -OCH3 is 3. The first-order valence-electron chi connectivity index (χ1n) is 29.8. The number of aliphatic hydroxyl groups is 2. The van der Waals surface area contributed by atoms with E-state index in [0.717, 1.165) is 5.57 Å². The van der Waals surface area contributed by atoms with Crippen molar-refractivity contribution in [1.82, 2.24) is 4.90 Å². The number of carbonyl (C=O) groups excluding carboxylic acids is 6. The lowest BCUT2D eigenvalue weighted by Gasteiger charge is -2.42. The third-order valence-corrected chi connectivity index (χ3v) is 16.9. The van der Waals surface area contributed by atoms with Gasteiger partial charge in [-0.15, -0.1) is 0 Å². The molecule has 0 radical (unpaired) electrons. The van der Waals surface area contributed by atoms with Crippen molar-refractivity contribution >= 4 is 35.2 Å². The quantitative estimate of drug-likeness (QED) is 0.106. The molecule has 1 saturated carbocycles. The molecule has 3 fully saturated rings. The lowest BCUT2D eigenvalue weighted by Crippen LogP contribution is -2.61. The maximum atomic E-state index is 14.7. The van der Waals surface area contributed by atoms with Crippen molar-refractivity contribution in [2.45, 2.75) is 240 Å². The van der Waals surface area contributed by atoms with Gasteiger partial charge in [-0.25, -0.2) is 4.79 Å². The van der Waals surface area contributed by atoms with E-state index in [9.17, 15) is 39.0 Å². The molecule has 460 valence electrons. The van der Waals surface area contributed by atoms with Crippen LogP contribution in [0.3, 0.4) is 0 Å². The van der Waals surface area contributed by atoms with Gasteiger partial charge in [0.2, 0.25) is 5.79 Å². The molecule has 1 aliphatic carbocycles. The highest BCUT2D eigenvalue weighted by Crippen LogP contribution is 2.39. The predicted octanol–water partition coefficient (Wildman–Crippen LogP) is 9.37. The first kappa shape index (κ1) is 69.6. The van der Waals surface area contributed by atoms with Gasteiger partial charge in [-0.3, -0.25) is 24.0 Å². The number of cyclic esters (lactones) is 1. The Kier molecular flexibility index (Phi) is 26.4. The number of amides is 1. The molecule has 0 aromatic carbocycles. The molecule has 3 aliphatic heterocycles. The van der Waals surface area contributed by atoms with Crippen molar-refractivity contribution in [3.05, 3.63) is 47.6 Å². The van der Waals surface area contributed by atoms with E-state index in [1.807, 2.05) is 99.6 Å². The molecule has 0 aromatic rings. The number of ether oxygens (including phenoxy) is 8. The van der Waals surface area contributed by atoms with Crippen LogP contribution in [-0.2, 0) is 66.7 Å². The number of nitrogens with zero attached hydrogens (tertiary/aromatic N) is 1. The molecule has 2 bridgehead atoms. The van der Waals surface area contributed by atoms with Gasteiger partial charge in [0.05, 0.1) is 42.7 Å². The monoisotopic (exact) mass is 1140 g/mol. The second-order valence-electron chi connectivity index (χ2n) is 26.3. The minimum absolute atomic E-state index is 0.00363. The summed E-state index contributed by atoms with van der Waals surface area (Å²) >= 11 is 0. The van der Waals surface area contributed by atoms with Gasteiger partial charge in [0.1, 0.15) is 41.7 Å². The Bertz CT molecular complexity index is 2220. The largest absolute Gasteiger partial charge is 0.460 e. The van der Waals surface area contributed by atoms with Gasteiger partial charge in [-0.2, -0.15) is 0 Å². The van der Waals surface area contributed by atoms with Crippen LogP contribution in [0, 0.1) is 40.9 Å². The van der Waals surface area contributed by atoms with Crippen LogP contribution in [-0.4, -0.2) is 157 Å². The minimum Gasteiger partial charge on any atom is -0.460 e. The van der Waals surface area contributed by atoms with Crippen molar-refractivity contribution in [2.24, 2.45) is 40.9 Å². The third kappa shape index (κ3) is 20.1. The standard InChI is InChI=1S/C64H103NO16/c1-39-23-19-18-20-24-40(2)51(74-15)35-47-28-26-45(7)64(73,81-47)57(69)58(70)65-30-22-21-25-48(65)59(71)79-52(36-49(66)41(3)32-44(6)55(68)56(76-17)54(67)43(5)31-39)42(4)33-46-27-29-50(53(34-46)75-16)80-60(72)63(14,37-77-61(8,9)10)38-78-62(11,12)13/h18-20,23-24,32,39,41-43,45-48,50-53,55-56,68,73H,21-22,25-31,33-38H2,1-17H3/b20-18+,23-19+,40-24+,44-32+/t39-,41-,42-,43-,45-,46?,47+,48+,50-,51+,52+,53-,55-,56+,64-/m1/s1. The topological polar surface area (TPSA) is 220 Å². The number of esters is 2. The second-order valence-corrected chi connectivity index (χ2v) is 26.3. The van der Waals surface area contributed by atoms with Crippen LogP contribution in [0.2, 0.25) is 0 Å².